The number of Topliss-reactive ketones (excluding diaryl/α,β-unsaturated/α-hetero) is 1. The van der Waals surface area contributed by atoms with Crippen LogP contribution in [0.3, 0.4) is 0 Å². The van der Waals surface area contributed by atoms with Gasteiger partial charge in [0.1, 0.15) is 15.5 Å². The molecule has 1 unspecified atom stereocenters. The number of nitrogens with zero attached hydrogens (tertiary/aromatic N) is 3. The molecule has 2 atom stereocenters. The van der Waals surface area contributed by atoms with Crippen molar-refractivity contribution in [3.8, 4) is 0 Å². The van der Waals surface area contributed by atoms with E-state index in [9.17, 15) is 15.0 Å². The van der Waals surface area contributed by atoms with Crippen molar-refractivity contribution < 1.29 is 15.0 Å². The molecule has 0 bridgehead atoms. The molecule has 0 saturated carbocycles. The van der Waals surface area contributed by atoms with Gasteiger partial charge in [0.25, 0.3) is 0 Å². The van der Waals surface area contributed by atoms with E-state index in [-0.39, 0.29) is 10.9 Å². The van der Waals surface area contributed by atoms with Gasteiger partial charge in [-0.15, -0.1) is 0 Å². The largest absolute Gasteiger partial charge is 0.389 e. The molecular formula is C33H25Cl6N3O3. The van der Waals surface area contributed by atoms with Crippen LogP contribution < -0.4 is 0 Å². The predicted octanol–water partition coefficient (Wildman–Crippen LogP) is 10.9. The van der Waals surface area contributed by atoms with Crippen LogP contribution >= 0.6 is 69.6 Å². The Kier molecular flexibility index (Phi) is 11.9. The van der Waals surface area contributed by atoms with E-state index in [0.29, 0.717) is 58.6 Å². The van der Waals surface area contributed by atoms with Crippen LogP contribution in [0.25, 0.3) is 32.7 Å². The number of aliphatic hydroxyl groups is 2. The molecule has 0 aliphatic rings. The minimum absolute atomic E-state index is 0.102. The standard InChI is InChI=1S/2C11H9Cl2NO.C11H7Cl2NO/c3*1-6(15)8-5-7-3-2-4-9(12)10(7)14-11(8)13/h2*2-6,15H,1H3;2-5H,1H3/t6-;;/m1../s1. The van der Waals surface area contributed by atoms with Crippen molar-refractivity contribution in [3.63, 3.8) is 0 Å². The molecule has 0 fully saturated rings. The number of rotatable bonds is 3. The fourth-order valence-electron chi connectivity index (χ4n) is 4.29. The van der Waals surface area contributed by atoms with E-state index in [1.54, 1.807) is 50.2 Å². The van der Waals surface area contributed by atoms with Crippen molar-refractivity contribution in [2.45, 2.75) is 33.0 Å². The first-order valence-corrected chi connectivity index (χ1v) is 15.7. The normalized spacial score (nSPS) is 12.2. The summed E-state index contributed by atoms with van der Waals surface area (Å²) in [6, 6.07) is 21.7. The van der Waals surface area contributed by atoms with E-state index in [2.05, 4.69) is 15.0 Å². The van der Waals surface area contributed by atoms with Gasteiger partial charge in [0, 0.05) is 27.3 Å². The third-order valence-electron chi connectivity index (χ3n) is 6.58. The highest BCUT2D eigenvalue weighted by molar-refractivity contribution is 6.37. The Labute approximate surface area is 289 Å². The molecule has 6 nitrogen and oxygen atoms in total. The zero-order valence-electron chi connectivity index (χ0n) is 24.0. The fourth-order valence-corrected chi connectivity index (χ4v) is 5.82. The molecule has 6 rings (SSSR count). The molecule has 0 aliphatic heterocycles. The number of para-hydroxylation sites is 3. The summed E-state index contributed by atoms with van der Waals surface area (Å²) in [6.45, 7) is 4.76. The molecule has 6 aromatic rings. The molecule has 232 valence electrons. The molecule has 12 heteroatoms. The summed E-state index contributed by atoms with van der Waals surface area (Å²) >= 11 is 35.7. The Balaban J connectivity index is 0.000000154. The van der Waals surface area contributed by atoms with Crippen molar-refractivity contribution in [1.29, 1.82) is 0 Å². The second-order valence-corrected chi connectivity index (χ2v) is 12.2. The lowest BCUT2D eigenvalue weighted by Gasteiger charge is -2.08. The molecule has 3 heterocycles. The smallest absolute Gasteiger partial charge is 0.162 e. The maximum atomic E-state index is 11.2. The zero-order valence-corrected chi connectivity index (χ0v) is 28.5. The lowest BCUT2D eigenvalue weighted by Crippen LogP contribution is -1.96. The Morgan fingerprint density at radius 2 is 0.911 bits per heavy atom. The van der Waals surface area contributed by atoms with Crippen LogP contribution in [0.1, 0.15) is 54.5 Å². The Morgan fingerprint density at radius 3 is 1.24 bits per heavy atom. The minimum Gasteiger partial charge on any atom is -0.389 e. The number of pyridine rings is 3. The first-order valence-electron chi connectivity index (χ1n) is 13.4. The number of carbonyl (C=O) groups excluding carboxylic acids is 1. The van der Waals surface area contributed by atoms with Gasteiger partial charge < -0.3 is 10.2 Å². The summed E-state index contributed by atoms with van der Waals surface area (Å²) in [5.41, 5.74) is 3.60. The van der Waals surface area contributed by atoms with Gasteiger partial charge in [-0.05, 0) is 57.2 Å². The van der Waals surface area contributed by atoms with Crippen LogP contribution in [0.5, 0.6) is 0 Å². The first-order chi connectivity index (χ1) is 21.3. The summed E-state index contributed by atoms with van der Waals surface area (Å²) < 4.78 is 0. The van der Waals surface area contributed by atoms with Gasteiger partial charge in [-0.2, -0.15) is 0 Å². The van der Waals surface area contributed by atoms with Crippen molar-refractivity contribution in [2.24, 2.45) is 0 Å². The van der Waals surface area contributed by atoms with Crippen molar-refractivity contribution >= 4 is 108 Å². The molecule has 0 aliphatic carbocycles. The number of aliphatic hydroxyl groups excluding tert-OH is 2. The molecule has 0 radical (unpaired) electrons. The monoisotopic (exact) mass is 721 g/mol. The molecule has 3 aromatic carbocycles. The van der Waals surface area contributed by atoms with Gasteiger partial charge in [0.15, 0.2) is 5.78 Å². The second-order valence-electron chi connectivity index (χ2n) is 9.91. The number of fused-ring (bicyclic) bond motifs is 3. The number of hydrogen-bond donors (Lipinski definition) is 2. The first kappa shape index (κ1) is 35.1. The van der Waals surface area contributed by atoms with E-state index in [1.165, 1.54) is 6.92 Å². The van der Waals surface area contributed by atoms with Gasteiger partial charge in [-0.3, -0.25) is 4.79 Å². The Morgan fingerprint density at radius 1 is 0.578 bits per heavy atom. The average molecular weight is 724 g/mol. The molecule has 0 saturated heterocycles. The van der Waals surface area contributed by atoms with E-state index >= 15 is 0 Å². The molecule has 2 N–H and O–H groups in total. The van der Waals surface area contributed by atoms with Crippen LogP contribution in [0.15, 0.2) is 72.8 Å². The molecule has 45 heavy (non-hydrogen) atoms. The lowest BCUT2D eigenvalue weighted by atomic mass is 10.1. The van der Waals surface area contributed by atoms with Crippen molar-refractivity contribution in [1.82, 2.24) is 15.0 Å². The van der Waals surface area contributed by atoms with E-state index < -0.39 is 12.2 Å². The average Bonchev–Trinajstić information content (AvgIpc) is 2.98. The minimum atomic E-state index is -0.631. The van der Waals surface area contributed by atoms with Crippen LogP contribution in [-0.2, 0) is 0 Å². The van der Waals surface area contributed by atoms with Gasteiger partial charge in [0.2, 0.25) is 0 Å². The van der Waals surface area contributed by atoms with Gasteiger partial charge >= 0.3 is 0 Å². The van der Waals surface area contributed by atoms with Crippen LogP contribution in [0.4, 0.5) is 0 Å². The second kappa shape index (κ2) is 15.2. The zero-order chi connectivity index (χ0) is 33.0. The molecule has 0 amide bonds. The summed E-state index contributed by atoms with van der Waals surface area (Å²) in [4.78, 5) is 23.7. The maximum Gasteiger partial charge on any atom is 0.162 e. The number of benzene rings is 3. The Bertz CT molecular complexity index is 1940. The lowest BCUT2D eigenvalue weighted by molar-refractivity contribution is 0.101. The number of ketones is 1. The summed E-state index contributed by atoms with van der Waals surface area (Å²) in [5.74, 6) is -0.102. The highest BCUT2D eigenvalue weighted by Gasteiger charge is 2.13. The maximum absolute atomic E-state index is 11.2. The van der Waals surface area contributed by atoms with E-state index in [1.807, 2.05) is 36.4 Å². The summed E-state index contributed by atoms with van der Waals surface area (Å²) in [6.07, 6.45) is -1.26. The topological polar surface area (TPSA) is 96.2 Å². The number of halogens is 6. The van der Waals surface area contributed by atoms with E-state index in [0.717, 1.165) is 16.2 Å². The number of carbonyl (C=O) groups is 1. The predicted molar refractivity (Wildman–Crippen MR) is 187 cm³/mol. The molecule has 0 spiro atoms. The third kappa shape index (κ3) is 8.33. The summed E-state index contributed by atoms with van der Waals surface area (Å²) in [7, 11) is 0. The van der Waals surface area contributed by atoms with Gasteiger partial charge in [0.05, 0.1) is 49.4 Å². The highest BCUT2D eigenvalue weighted by atomic mass is 35.5. The summed E-state index contributed by atoms with van der Waals surface area (Å²) in [5, 5.41) is 24.0. The van der Waals surface area contributed by atoms with E-state index in [4.69, 9.17) is 69.6 Å². The third-order valence-corrected chi connectivity index (χ3v) is 8.39. The van der Waals surface area contributed by atoms with Crippen LogP contribution in [0.2, 0.25) is 30.5 Å². The van der Waals surface area contributed by atoms with Gasteiger partial charge in [-0.1, -0.05) is 106 Å². The number of aromatic nitrogens is 3. The molecule has 3 aromatic heterocycles. The highest BCUT2D eigenvalue weighted by Crippen LogP contribution is 2.30. The van der Waals surface area contributed by atoms with Crippen molar-refractivity contribution in [2.75, 3.05) is 0 Å². The quantitative estimate of drug-likeness (QED) is 0.139. The van der Waals surface area contributed by atoms with Crippen molar-refractivity contribution in [3.05, 3.63) is 120 Å². The van der Waals surface area contributed by atoms with Crippen LogP contribution in [0, 0.1) is 0 Å². The SMILES string of the molecule is CC(=O)c1cc2cccc(Cl)c2nc1Cl.CC(O)c1cc2cccc(Cl)c2nc1Cl.C[C@@H](O)c1cc2cccc(Cl)c2nc1Cl. The number of hydrogen-bond acceptors (Lipinski definition) is 6. The Hall–Kier alpha value is -2.78. The molecular weight excluding hydrogens is 699 g/mol. The fraction of sp³-hybridized carbons (Fsp3) is 0.152. The van der Waals surface area contributed by atoms with Gasteiger partial charge in [-0.25, -0.2) is 15.0 Å². The van der Waals surface area contributed by atoms with Crippen LogP contribution in [-0.4, -0.2) is 30.9 Å².